The van der Waals surface area contributed by atoms with E-state index in [9.17, 15) is 8.42 Å². The molecule has 0 amide bonds. The van der Waals surface area contributed by atoms with Gasteiger partial charge in [0.15, 0.2) is 0 Å². The lowest BCUT2D eigenvalue weighted by atomic mass is 9.78. The zero-order valence-corrected chi connectivity index (χ0v) is 18.4. The topological polar surface area (TPSA) is 59.1 Å². The average molecular weight is 437 g/mol. The number of likely N-dealkylation sites (tertiary alicyclic amines) is 1. The van der Waals surface area contributed by atoms with Crippen molar-refractivity contribution >= 4 is 21.4 Å². The molecule has 2 aromatic rings. The first-order valence-electron chi connectivity index (χ1n) is 9.97. The molecule has 1 aromatic carbocycles. The fourth-order valence-corrected chi connectivity index (χ4v) is 6.51. The van der Waals surface area contributed by atoms with Crippen LogP contribution >= 0.6 is 11.3 Å². The predicted molar refractivity (Wildman–Crippen MR) is 114 cm³/mol. The first kappa shape index (κ1) is 20.8. The third-order valence-corrected chi connectivity index (χ3v) is 8.58. The van der Waals surface area contributed by atoms with E-state index >= 15 is 0 Å². The van der Waals surface area contributed by atoms with Gasteiger partial charge in [0.1, 0.15) is 10.6 Å². The third kappa shape index (κ3) is 4.51. The monoisotopic (exact) mass is 436 g/mol. The van der Waals surface area contributed by atoms with Crippen molar-refractivity contribution in [3.05, 3.63) is 46.7 Å². The van der Waals surface area contributed by atoms with E-state index in [4.69, 9.17) is 9.47 Å². The summed E-state index contributed by atoms with van der Waals surface area (Å²) < 4.78 is 39.6. The van der Waals surface area contributed by atoms with Crippen molar-refractivity contribution in [3.63, 3.8) is 0 Å². The van der Waals surface area contributed by atoms with Crippen molar-refractivity contribution in [2.75, 3.05) is 46.5 Å². The second-order valence-electron chi connectivity index (χ2n) is 7.97. The zero-order chi connectivity index (χ0) is 20.3. The number of methoxy groups -OCH3 is 1. The van der Waals surface area contributed by atoms with E-state index in [-0.39, 0.29) is 10.3 Å². The van der Waals surface area contributed by atoms with Crippen LogP contribution < -0.4 is 4.74 Å². The summed E-state index contributed by atoms with van der Waals surface area (Å²) in [5, 5.41) is 4.30. The highest BCUT2D eigenvalue weighted by atomic mass is 32.2. The van der Waals surface area contributed by atoms with Crippen molar-refractivity contribution in [2.24, 2.45) is 5.41 Å². The molecule has 29 heavy (non-hydrogen) atoms. The van der Waals surface area contributed by atoms with Crippen LogP contribution in [0.15, 0.2) is 46.0 Å². The number of nitrogens with zero attached hydrogens (tertiary/aromatic N) is 2. The van der Waals surface area contributed by atoms with Crippen LogP contribution in [0.3, 0.4) is 0 Å². The van der Waals surface area contributed by atoms with Crippen molar-refractivity contribution < 1.29 is 17.9 Å². The van der Waals surface area contributed by atoms with Crippen LogP contribution in [0.25, 0.3) is 0 Å². The van der Waals surface area contributed by atoms with Crippen LogP contribution in [-0.4, -0.2) is 64.1 Å². The maximum atomic E-state index is 13.4. The maximum Gasteiger partial charge on any atom is 0.246 e. The molecule has 2 aliphatic rings. The Morgan fingerprint density at radius 1 is 1.21 bits per heavy atom. The molecule has 0 bridgehead atoms. The number of rotatable bonds is 5. The van der Waals surface area contributed by atoms with Crippen LogP contribution in [0.4, 0.5) is 0 Å². The van der Waals surface area contributed by atoms with Gasteiger partial charge in [0.25, 0.3) is 0 Å². The summed E-state index contributed by atoms with van der Waals surface area (Å²) in [6, 6.07) is 9.13. The Bertz CT molecular complexity index is 907. The number of thiophene rings is 1. The minimum atomic E-state index is -3.63. The fraction of sp³-hybridized carbons (Fsp3) is 0.524. The molecule has 6 nitrogen and oxygen atoms in total. The van der Waals surface area contributed by atoms with Crippen molar-refractivity contribution in [2.45, 2.75) is 24.3 Å². The molecule has 8 heteroatoms. The summed E-state index contributed by atoms with van der Waals surface area (Å²) >= 11 is 1.72. The number of benzene rings is 1. The normalized spacial score (nSPS) is 21.8. The van der Waals surface area contributed by atoms with E-state index in [0.717, 1.165) is 32.5 Å². The number of hydrogen-bond donors (Lipinski definition) is 0. The smallest absolute Gasteiger partial charge is 0.246 e. The van der Waals surface area contributed by atoms with E-state index in [1.54, 1.807) is 41.0 Å². The first-order chi connectivity index (χ1) is 14.0. The Morgan fingerprint density at radius 2 is 2.00 bits per heavy atom. The van der Waals surface area contributed by atoms with Crippen LogP contribution in [0.2, 0.25) is 0 Å². The van der Waals surface area contributed by atoms with Gasteiger partial charge in [0.05, 0.1) is 13.2 Å². The van der Waals surface area contributed by atoms with E-state index in [2.05, 4.69) is 21.7 Å². The molecule has 2 aliphatic heterocycles. The summed E-state index contributed by atoms with van der Waals surface area (Å²) in [5.74, 6) is 0.453. The molecule has 1 saturated heterocycles. The molecule has 0 N–H and O–H groups in total. The van der Waals surface area contributed by atoms with Gasteiger partial charge in [-0.3, -0.25) is 4.90 Å². The van der Waals surface area contributed by atoms with Gasteiger partial charge in [0, 0.05) is 32.2 Å². The fourth-order valence-electron chi connectivity index (χ4n) is 4.18. The maximum absolute atomic E-state index is 13.4. The molecule has 0 atom stereocenters. The van der Waals surface area contributed by atoms with E-state index in [1.165, 1.54) is 5.56 Å². The minimum Gasteiger partial charge on any atom is -0.492 e. The van der Waals surface area contributed by atoms with Gasteiger partial charge >= 0.3 is 0 Å². The van der Waals surface area contributed by atoms with Crippen molar-refractivity contribution in [1.29, 1.82) is 0 Å². The molecule has 0 radical (unpaired) electrons. The van der Waals surface area contributed by atoms with Gasteiger partial charge in [-0.15, -0.1) is 0 Å². The lowest BCUT2D eigenvalue weighted by molar-refractivity contribution is 0.0290. The number of para-hydroxylation sites is 1. The van der Waals surface area contributed by atoms with Gasteiger partial charge in [-0.2, -0.15) is 15.6 Å². The Morgan fingerprint density at radius 3 is 2.72 bits per heavy atom. The van der Waals surface area contributed by atoms with E-state index in [1.807, 2.05) is 6.07 Å². The van der Waals surface area contributed by atoms with Gasteiger partial charge in [-0.25, -0.2) is 8.42 Å². The standard InChI is InChI=1S/C21H28N2O4S2/c1-26-12-11-23-16-21(7-9-22(10-8-21)14-18-6-13-28-15-18)17-27-19-4-2-3-5-20(19)29(23,24)25/h2-6,13,15H,7-12,14,16-17H2,1H3. The van der Waals surface area contributed by atoms with E-state index in [0.29, 0.717) is 32.1 Å². The molecular formula is C21H28N2O4S2. The summed E-state index contributed by atoms with van der Waals surface area (Å²) in [6.07, 6.45) is 1.83. The molecule has 3 heterocycles. The Kier molecular flexibility index (Phi) is 6.27. The average Bonchev–Trinajstić information content (AvgIpc) is 3.24. The minimum absolute atomic E-state index is 0.181. The second-order valence-corrected chi connectivity index (χ2v) is 10.7. The molecular weight excluding hydrogens is 408 g/mol. The van der Waals surface area contributed by atoms with Gasteiger partial charge in [-0.1, -0.05) is 12.1 Å². The third-order valence-electron chi connectivity index (χ3n) is 5.96. The van der Waals surface area contributed by atoms with Crippen molar-refractivity contribution in [1.82, 2.24) is 9.21 Å². The van der Waals surface area contributed by atoms with Crippen LogP contribution in [0.5, 0.6) is 5.75 Å². The molecule has 1 fully saturated rings. The van der Waals surface area contributed by atoms with E-state index < -0.39 is 10.0 Å². The highest BCUT2D eigenvalue weighted by molar-refractivity contribution is 7.89. The second kappa shape index (κ2) is 8.73. The molecule has 0 saturated carbocycles. The summed E-state index contributed by atoms with van der Waals surface area (Å²) in [6.45, 7) is 4.58. The largest absolute Gasteiger partial charge is 0.492 e. The van der Waals surface area contributed by atoms with Gasteiger partial charge in [-0.05, 0) is 60.5 Å². The van der Waals surface area contributed by atoms with Gasteiger partial charge < -0.3 is 9.47 Å². The Hall–Kier alpha value is -1.45. The van der Waals surface area contributed by atoms with Crippen LogP contribution in [0.1, 0.15) is 18.4 Å². The lowest BCUT2D eigenvalue weighted by Gasteiger charge is -2.45. The first-order valence-corrected chi connectivity index (χ1v) is 12.4. The number of sulfonamides is 1. The highest BCUT2D eigenvalue weighted by Crippen LogP contribution is 2.39. The predicted octanol–water partition coefficient (Wildman–Crippen LogP) is 3.06. The van der Waals surface area contributed by atoms with Crippen LogP contribution in [-0.2, 0) is 21.3 Å². The SMILES string of the molecule is COCCN1CC2(CCN(Cc3ccsc3)CC2)COc2ccccc2S1(=O)=O. The quantitative estimate of drug-likeness (QED) is 0.721. The zero-order valence-electron chi connectivity index (χ0n) is 16.7. The number of hydrogen-bond acceptors (Lipinski definition) is 6. The Labute approximate surface area is 177 Å². The molecule has 0 unspecified atom stereocenters. The molecule has 158 valence electrons. The lowest BCUT2D eigenvalue weighted by Crippen LogP contribution is -2.51. The summed E-state index contributed by atoms with van der Waals surface area (Å²) in [5.41, 5.74) is 1.16. The van der Waals surface area contributed by atoms with Crippen LogP contribution in [0, 0.1) is 5.41 Å². The molecule has 0 aliphatic carbocycles. The summed E-state index contributed by atoms with van der Waals surface area (Å²) in [4.78, 5) is 2.70. The molecule has 1 spiro atoms. The summed E-state index contributed by atoms with van der Waals surface area (Å²) in [7, 11) is -2.03. The highest BCUT2D eigenvalue weighted by Gasteiger charge is 2.42. The number of fused-ring (bicyclic) bond motifs is 1. The van der Waals surface area contributed by atoms with Crippen molar-refractivity contribution in [3.8, 4) is 5.75 Å². The number of ether oxygens (including phenoxy) is 2. The number of piperidine rings is 1. The molecule has 4 rings (SSSR count). The molecule has 1 aromatic heterocycles. The van der Waals surface area contributed by atoms with Gasteiger partial charge in [0.2, 0.25) is 10.0 Å². The Balaban J connectivity index is 1.56.